The second-order valence-electron chi connectivity index (χ2n) is 5.05. The van der Waals surface area contributed by atoms with Crippen LogP contribution in [0.1, 0.15) is 43.5 Å². The van der Waals surface area contributed by atoms with Gasteiger partial charge in [-0.05, 0) is 30.7 Å². The van der Waals surface area contributed by atoms with Crippen LogP contribution in [-0.2, 0) is 0 Å². The number of hydrogen-bond donors (Lipinski definition) is 0. The Bertz CT molecular complexity index is 443. The third-order valence-corrected chi connectivity index (χ3v) is 4.20. The van der Waals surface area contributed by atoms with E-state index < -0.39 is 5.95 Å². The molecule has 0 atom stereocenters. The van der Waals surface area contributed by atoms with Crippen molar-refractivity contribution in [2.75, 3.05) is 13.1 Å². The van der Waals surface area contributed by atoms with E-state index in [1.807, 2.05) is 4.90 Å². The van der Waals surface area contributed by atoms with Gasteiger partial charge in [-0.2, -0.15) is 4.39 Å². The summed E-state index contributed by atoms with van der Waals surface area (Å²) in [5.74, 6) is -0.683. The van der Waals surface area contributed by atoms with Crippen LogP contribution in [-0.4, -0.2) is 28.9 Å². The second kappa shape index (κ2) is 5.04. The minimum atomic E-state index is -0.600. The molecule has 0 aliphatic carbocycles. The van der Waals surface area contributed by atoms with Gasteiger partial charge in [0, 0.05) is 30.9 Å². The van der Waals surface area contributed by atoms with Gasteiger partial charge in [0.05, 0.1) is 0 Å². The third-order valence-electron chi connectivity index (χ3n) is 4.20. The Hall–Kier alpha value is -1.45. The van der Waals surface area contributed by atoms with E-state index in [-0.39, 0.29) is 11.3 Å². The maximum Gasteiger partial charge on any atom is 0.254 e. The molecule has 2 rings (SSSR count). The quantitative estimate of drug-likeness (QED) is 0.773. The molecular weight excluding hydrogens is 231 g/mol. The summed E-state index contributed by atoms with van der Waals surface area (Å²) >= 11 is 0. The Morgan fingerprint density at radius 2 is 2.22 bits per heavy atom. The van der Waals surface area contributed by atoms with E-state index in [9.17, 15) is 9.18 Å². The fraction of sp³-hybridized carbons (Fsp3) is 0.571. The Morgan fingerprint density at radius 1 is 1.50 bits per heavy atom. The van der Waals surface area contributed by atoms with Crippen LogP contribution in [0.15, 0.2) is 18.3 Å². The topological polar surface area (TPSA) is 33.2 Å². The SMILES string of the molecule is CCC1(CC)CCN(C(=O)c2ccnc(F)c2)C1. The summed E-state index contributed by atoms with van der Waals surface area (Å²) in [5.41, 5.74) is 0.645. The third kappa shape index (κ3) is 2.37. The lowest BCUT2D eigenvalue weighted by atomic mass is 9.82. The summed E-state index contributed by atoms with van der Waals surface area (Å²) in [6.45, 7) is 5.89. The first kappa shape index (κ1) is 13.0. The van der Waals surface area contributed by atoms with Gasteiger partial charge in [0.25, 0.3) is 5.91 Å². The van der Waals surface area contributed by atoms with Crippen LogP contribution in [0.4, 0.5) is 4.39 Å². The highest BCUT2D eigenvalue weighted by molar-refractivity contribution is 5.94. The summed E-state index contributed by atoms with van der Waals surface area (Å²) < 4.78 is 13.0. The number of halogens is 1. The molecule has 1 aromatic rings. The van der Waals surface area contributed by atoms with Crippen LogP contribution in [0, 0.1) is 11.4 Å². The highest BCUT2D eigenvalue weighted by atomic mass is 19.1. The van der Waals surface area contributed by atoms with E-state index in [1.165, 1.54) is 12.3 Å². The molecule has 2 heterocycles. The van der Waals surface area contributed by atoms with Gasteiger partial charge in [0.1, 0.15) is 0 Å². The molecule has 1 aliphatic heterocycles. The Kier molecular flexibility index (Phi) is 3.64. The molecule has 18 heavy (non-hydrogen) atoms. The predicted octanol–water partition coefficient (Wildman–Crippen LogP) is 2.87. The molecule has 1 saturated heterocycles. The summed E-state index contributed by atoms with van der Waals surface area (Å²) in [4.78, 5) is 17.6. The van der Waals surface area contributed by atoms with Gasteiger partial charge in [-0.1, -0.05) is 13.8 Å². The lowest BCUT2D eigenvalue weighted by molar-refractivity contribution is 0.0769. The van der Waals surface area contributed by atoms with Gasteiger partial charge in [0.15, 0.2) is 0 Å². The summed E-state index contributed by atoms with van der Waals surface area (Å²) in [5, 5.41) is 0. The maximum atomic E-state index is 13.0. The average Bonchev–Trinajstić information content (AvgIpc) is 2.83. The van der Waals surface area contributed by atoms with Gasteiger partial charge in [-0.25, -0.2) is 4.98 Å². The number of nitrogens with zero attached hydrogens (tertiary/aromatic N) is 2. The predicted molar refractivity (Wildman–Crippen MR) is 67.7 cm³/mol. The number of hydrogen-bond acceptors (Lipinski definition) is 2. The largest absolute Gasteiger partial charge is 0.338 e. The normalized spacial score (nSPS) is 18.1. The first-order chi connectivity index (χ1) is 8.60. The first-order valence-electron chi connectivity index (χ1n) is 6.51. The maximum absolute atomic E-state index is 13.0. The van der Waals surface area contributed by atoms with Crippen molar-refractivity contribution in [1.29, 1.82) is 0 Å². The van der Waals surface area contributed by atoms with Gasteiger partial charge in [-0.15, -0.1) is 0 Å². The van der Waals surface area contributed by atoms with E-state index in [0.29, 0.717) is 5.56 Å². The van der Waals surface area contributed by atoms with Crippen molar-refractivity contribution in [3.63, 3.8) is 0 Å². The summed E-state index contributed by atoms with van der Waals surface area (Å²) in [6, 6.07) is 2.78. The lowest BCUT2D eigenvalue weighted by Gasteiger charge is -2.26. The minimum Gasteiger partial charge on any atom is -0.338 e. The second-order valence-corrected chi connectivity index (χ2v) is 5.05. The van der Waals surface area contributed by atoms with E-state index in [2.05, 4.69) is 18.8 Å². The number of amides is 1. The molecule has 3 nitrogen and oxygen atoms in total. The first-order valence-corrected chi connectivity index (χ1v) is 6.51. The van der Waals surface area contributed by atoms with E-state index in [1.54, 1.807) is 6.07 Å². The number of carbonyl (C=O) groups is 1. The van der Waals surface area contributed by atoms with Crippen molar-refractivity contribution in [2.24, 2.45) is 5.41 Å². The zero-order valence-electron chi connectivity index (χ0n) is 10.9. The van der Waals surface area contributed by atoms with Crippen LogP contribution in [0.2, 0.25) is 0 Å². The Balaban J connectivity index is 2.12. The number of likely N-dealkylation sites (tertiary alicyclic amines) is 1. The van der Waals surface area contributed by atoms with Crippen LogP contribution in [0.5, 0.6) is 0 Å². The van der Waals surface area contributed by atoms with E-state index >= 15 is 0 Å². The molecule has 0 unspecified atom stereocenters. The molecule has 1 aromatic heterocycles. The summed E-state index contributed by atoms with van der Waals surface area (Å²) in [7, 11) is 0. The molecule has 4 heteroatoms. The lowest BCUT2D eigenvalue weighted by Crippen LogP contribution is -2.31. The molecule has 0 saturated carbocycles. The molecule has 1 amide bonds. The van der Waals surface area contributed by atoms with Crippen LogP contribution in [0.25, 0.3) is 0 Å². The molecule has 1 fully saturated rings. The zero-order chi connectivity index (χ0) is 13.2. The van der Waals surface area contributed by atoms with E-state index in [0.717, 1.165) is 32.4 Å². The highest BCUT2D eigenvalue weighted by Gasteiger charge is 2.37. The van der Waals surface area contributed by atoms with Crippen LogP contribution < -0.4 is 0 Å². The number of carbonyl (C=O) groups excluding carboxylic acids is 1. The Labute approximate surface area is 107 Å². The number of aromatic nitrogens is 1. The number of rotatable bonds is 3. The average molecular weight is 250 g/mol. The van der Waals surface area contributed by atoms with Crippen molar-refractivity contribution in [2.45, 2.75) is 33.1 Å². The van der Waals surface area contributed by atoms with Crippen molar-refractivity contribution >= 4 is 5.91 Å². The smallest absolute Gasteiger partial charge is 0.254 e. The van der Waals surface area contributed by atoms with Crippen molar-refractivity contribution in [3.8, 4) is 0 Å². The molecule has 0 bridgehead atoms. The molecule has 98 valence electrons. The highest BCUT2D eigenvalue weighted by Crippen LogP contribution is 2.37. The molecular formula is C14H19FN2O. The Morgan fingerprint density at radius 3 is 2.78 bits per heavy atom. The van der Waals surface area contributed by atoms with E-state index in [4.69, 9.17) is 0 Å². The minimum absolute atomic E-state index is 0.0833. The van der Waals surface area contributed by atoms with Crippen LogP contribution >= 0.6 is 0 Å². The number of pyridine rings is 1. The standard InChI is InChI=1S/C14H19FN2O/c1-3-14(4-2)6-8-17(10-14)13(18)11-5-7-16-12(15)9-11/h5,7,9H,3-4,6,8,10H2,1-2H3. The van der Waals surface area contributed by atoms with Gasteiger partial charge < -0.3 is 4.90 Å². The fourth-order valence-electron chi connectivity index (χ4n) is 2.65. The molecule has 0 aromatic carbocycles. The van der Waals surface area contributed by atoms with Gasteiger partial charge in [0.2, 0.25) is 5.95 Å². The molecule has 1 aliphatic rings. The van der Waals surface area contributed by atoms with Crippen LogP contribution in [0.3, 0.4) is 0 Å². The monoisotopic (exact) mass is 250 g/mol. The van der Waals surface area contributed by atoms with Gasteiger partial charge in [-0.3, -0.25) is 4.79 Å². The summed E-state index contributed by atoms with van der Waals surface area (Å²) in [6.07, 6.45) is 4.54. The van der Waals surface area contributed by atoms with Crippen molar-refractivity contribution in [1.82, 2.24) is 9.88 Å². The zero-order valence-corrected chi connectivity index (χ0v) is 10.9. The van der Waals surface area contributed by atoms with Crippen molar-refractivity contribution < 1.29 is 9.18 Å². The fourth-order valence-corrected chi connectivity index (χ4v) is 2.65. The molecule has 0 spiro atoms. The van der Waals surface area contributed by atoms with Crippen molar-refractivity contribution in [3.05, 3.63) is 29.8 Å². The molecule has 0 radical (unpaired) electrons. The molecule has 0 N–H and O–H groups in total. The van der Waals surface area contributed by atoms with Gasteiger partial charge >= 0.3 is 0 Å².